The number of nitrogens with zero attached hydrogens (tertiary/aromatic N) is 2. The molecular formula is C23H28N2O2. The summed E-state index contributed by atoms with van der Waals surface area (Å²) in [6.45, 7) is 7.10. The quantitative estimate of drug-likeness (QED) is 0.836. The maximum Gasteiger partial charge on any atom is 0.254 e. The summed E-state index contributed by atoms with van der Waals surface area (Å²) in [5, 5.41) is 0. The first-order valence-corrected chi connectivity index (χ1v) is 9.94. The van der Waals surface area contributed by atoms with Crippen molar-refractivity contribution in [1.29, 1.82) is 0 Å². The second-order valence-electron chi connectivity index (χ2n) is 7.60. The van der Waals surface area contributed by atoms with Crippen LogP contribution in [-0.4, -0.2) is 55.1 Å². The number of hydrogen-bond acceptors (Lipinski definition) is 3. The molecule has 27 heavy (non-hydrogen) atoms. The van der Waals surface area contributed by atoms with Gasteiger partial charge in [0.05, 0.1) is 13.2 Å². The molecule has 2 saturated heterocycles. The van der Waals surface area contributed by atoms with E-state index in [1.165, 1.54) is 5.56 Å². The lowest BCUT2D eigenvalue weighted by Gasteiger charge is -2.50. The molecule has 0 spiro atoms. The fourth-order valence-corrected chi connectivity index (χ4v) is 4.59. The molecule has 2 aliphatic heterocycles. The van der Waals surface area contributed by atoms with Crippen molar-refractivity contribution in [3.63, 3.8) is 0 Å². The number of rotatable bonds is 3. The maximum absolute atomic E-state index is 13.0. The molecule has 2 aromatic rings. The summed E-state index contributed by atoms with van der Waals surface area (Å²) in [7, 11) is 0. The van der Waals surface area contributed by atoms with Crippen molar-refractivity contribution in [3.8, 4) is 0 Å². The number of carbonyl (C=O) groups is 1. The van der Waals surface area contributed by atoms with Crippen molar-refractivity contribution < 1.29 is 9.53 Å². The molecule has 2 aliphatic rings. The third-order valence-corrected chi connectivity index (χ3v) is 6.18. The Hall–Kier alpha value is -2.17. The Balaban J connectivity index is 1.56. The molecule has 2 aromatic carbocycles. The molecule has 0 aliphatic carbocycles. The van der Waals surface area contributed by atoms with E-state index in [0.29, 0.717) is 0 Å². The topological polar surface area (TPSA) is 32.8 Å². The molecule has 0 radical (unpaired) electrons. The van der Waals surface area contributed by atoms with E-state index in [1.807, 2.05) is 36.1 Å². The van der Waals surface area contributed by atoms with Gasteiger partial charge in [-0.3, -0.25) is 9.69 Å². The van der Waals surface area contributed by atoms with Crippen LogP contribution in [0.25, 0.3) is 0 Å². The Morgan fingerprint density at radius 3 is 2.19 bits per heavy atom. The molecule has 0 aromatic heterocycles. The fraction of sp³-hybridized carbons (Fsp3) is 0.435. The van der Waals surface area contributed by atoms with Crippen molar-refractivity contribution >= 4 is 5.91 Å². The lowest BCUT2D eigenvalue weighted by atomic mass is 9.78. The minimum Gasteiger partial charge on any atom is -0.379 e. The van der Waals surface area contributed by atoms with Gasteiger partial charge in [0.2, 0.25) is 0 Å². The zero-order valence-electron chi connectivity index (χ0n) is 16.1. The standard InChI is InChI=1S/C23H28N2O2/c1-19-7-5-6-10-21(19)22(26)24-13-11-23(12-14-24,20-8-3-2-4-9-20)25-15-17-27-18-16-25/h2-10H,11-18H2,1H3. The monoisotopic (exact) mass is 364 g/mol. The van der Waals surface area contributed by atoms with Gasteiger partial charge < -0.3 is 9.64 Å². The van der Waals surface area contributed by atoms with Crippen LogP contribution in [0.5, 0.6) is 0 Å². The van der Waals surface area contributed by atoms with Crippen LogP contribution in [-0.2, 0) is 10.3 Å². The average molecular weight is 364 g/mol. The number of piperidine rings is 1. The molecular weight excluding hydrogens is 336 g/mol. The second kappa shape index (κ2) is 7.83. The van der Waals surface area contributed by atoms with Gasteiger partial charge in [-0.05, 0) is 37.0 Å². The van der Waals surface area contributed by atoms with Crippen LogP contribution < -0.4 is 0 Å². The highest BCUT2D eigenvalue weighted by atomic mass is 16.5. The average Bonchev–Trinajstić information content (AvgIpc) is 2.75. The molecule has 4 heteroatoms. The predicted octanol–water partition coefficient (Wildman–Crippen LogP) is 3.46. The van der Waals surface area contributed by atoms with Gasteiger partial charge in [0.1, 0.15) is 0 Å². The molecule has 0 saturated carbocycles. The van der Waals surface area contributed by atoms with Crippen LogP contribution >= 0.6 is 0 Å². The summed E-state index contributed by atoms with van der Waals surface area (Å²) in [6.07, 6.45) is 1.93. The van der Waals surface area contributed by atoms with Crippen molar-refractivity contribution in [2.75, 3.05) is 39.4 Å². The van der Waals surface area contributed by atoms with Gasteiger partial charge in [-0.15, -0.1) is 0 Å². The molecule has 0 bridgehead atoms. The zero-order valence-corrected chi connectivity index (χ0v) is 16.1. The van der Waals surface area contributed by atoms with E-state index >= 15 is 0 Å². The number of hydrogen-bond donors (Lipinski definition) is 0. The van der Waals surface area contributed by atoms with Gasteiger partial charge in [-0.2, -0.15) is 0 Å². The van der Waals surface area contributed by atoms with Gasteiger partial charge in [0, 0.05) is 37.3 Å². The first-order chi connectivity index (χ1) is 13.2. The minimum atomic E-state index is 0.00749. The minimum absolute atomic E-state index is 0.00749. The number of benzene rings is 2. The first kappa shape index (κ1) is 18.2. The molecule has 0 atom stereocenters. The molecule has 4 nitrogen and oxygen atoms in total. The van der Waals surface area contributed by atoms with Gasteiger partial charge in [-0.1, -0.05) is 48.5 Å². The first-order valence-electron chi connectivity index (χ1n) is 9.94. The van der Waals surface area contributed by atoms with Crippen molar-refractivity contribution in [3.05, 3.63) is 71.3 Å². The van der Waals surface area contributed by atoms with Crippen molar-refractivity contribution in [1.82, 2.24) is 9.80 Å². The number of aryl methyl sites for hydroxylation is 1. The number of ether oxygens (including phenoxy) is 1. The highest BCUT2D eigenvalue weighted by molar-refractivity contribution is 5.95. The molecule has 4 rings (SSSR count). The Kier molecular flexibility index (Phi) is 5.28. The lowest BCUT2D eigenvalue weighted by molar-refractivity contribution is -0.0482. The third-order valence-electron chi connectivity index (χ3n) is 6.18. The summed E-state index contributed by atoms with van der Waals surface area (Å²) in [6, 6.07) is 18.7. The van der Waals surface area contributed by atoms with Crippen LogP contribution in [0.4, 0.5) is 0 Å². The van der Waals surface area contributed by atoms with E-state index in [9.17, 15) is 4.79 Å². The lowest BCUT2D eigenvalue weighted by Crippen LogP contribution is -2.57. The Labute approximate surface area is 161 Å². The fourth-order valence-electron chi connectivity index (χ4n) is 4.59. The van der Waals surface area contributed by atoms with Crippen LogP contribution in [0.15, 0.2) is 54.6 Å². The van der Waals surface area contributed by atoms with Crippen LogP contribution in [0, 0.1) is 6.92 Å². The largest absolute Gasteiger partial charge is 0.379 e. The van der Waals surface area contributed by atoms with E-state index in [4.69, 9.17) is 4.74 Å². The number of carbonyl (C=O) groups excluding carboxylic acids is 1. The second-order valence-corrected chi connectivity index (χ2v) is 7.60. The summed E-state index contributed by atoms with van der Waals surface area (Å²) in [5.41, 5.74) is 3.26. The highest BCUT2D eigenvalue weighted by Crippen LogP contribution is 2.39. The van der Waals surface area contributed by atoms with Gasteiger partial charge in [-0.25, -0.2) is 0 Å². The SMILES string of the molecule is Cc1ccccc1C(=O)N1CCC(c2ccccc2)(N2CCOCC2)CC1. The van der Waals surface area contributed by atoms with E-state index in [0.717, 1.165) is 63.4 Å². The molecule has 0 unspecified atom stereocenters. The summed E-state index contributed by atoms with van der Waals surface area (Å²) in [5.74, 6) is 0.164. The van der Waals surface area contributed by atoms with Crippen LogP contribution in [0.1, 0.15) is 34.3 Å². The smallest absolute Gasteiger partial charge is 0.254 e. The third kappa shape index (κ3) is 3.52. The van der Waals surface area contributed by atoms with E-state index in [2.05, 4.69) is 35.2 Å². The summed E-state index contributed by atoms with van der Waals surface area (Å²) < 4.78 is 5.60. The Morgan fingerprint density at radius 1 is 0.889 bits per heavy atom. The number of morpholine rings is 1. The molecule has 2 fully saturated rings. The zero-order chi connectivity index (χ0) is 18.7. The van der Waals surface area contributed by atoms with Crippen LogP contribution in [0.3, 0.4) is 0 Å². The van der Waals surface area contributed by atoms with E-state index in [1.54, 1.807) is 0 Å². The molecule has 1 amide bonds. The van der Waals surface area contributed by atoms with Gasteiger partial charge in [0.25, 0.3) is 5.91 Å². The highest BCUT2D eigenvalue weighted by Gasteiger charge is 2.42. The Morgan fingerprint density at radius 2 is 1.52 bits per heavy atom. The number of amides is 1. The summed E-state index contributed by atoms with van der Waals surface area (Å²) in [4.78, 5) is 17.7. The predicted molar refractivity (Wildman–Crippen MR) is 107 cm³/mol. The Bertz CT molecular complexity index is 776. The van der Waals surface area contributed by atoms with E-state index < -0.39 is 0 Å². The van der Waals surface area contributed by atoms with Crippen molar-refractivity contribution in [2.24, 2.45) is 0 Å². The van der Waals surface area contributed by atoms with Crippen molar-refractivity contribution in [2.45, 2.75) is 25.3 Å². The number of likely N-dealkylation sites (tertiary alicyclic amines) is 1. The van der Waals surface area contributed by atoms with E-state index in [-0.39, 0.29) is 11.4 Å². The summed E-state index contributed by atoms with van der Waals surface area (Å²) >= 11 is 0. The maximum atomic E-state index is 13.0. The molecule has 2 heterocycles. The molecule has 142 valence electrons. The molecule has 0 N–H and O–H groups in total. The van der Waals surface area contributed by atoms with Crippen LogP contribution in [0.2, 0.25) is 0 Å². The van der Waals surface area contributed by atoms with Gasteiger partial charge in [0.15, 0.2) is 0 Å². The van der Waals surface area contributed by atoms with Gasteiger partial charge >= 0.3 is 0 Å². The normalized spacial score (nSPS) is 20.4.